The molecule has 0 saturated heterocycles. The molecule has 5 rings (SSSR count). The zero-order valence-corrected chi connectivity index (χ0v) is 21.2. The summed E-state index contributed by atoms with van der Waals surface area (Å²) < 4.78 is 0. The highest BCUT2D eigenvalue weighted by molar-refractivity contribution is 6.30. The van der Waals surface area contributed by atoms with Crippen molar-refractivity contribution in [3.63, 3.8) is 0 Å². The van der Waals surface area contributed by atoms with Gasteiger partial charge in [-0.15, -0.1) is 0 Å². The third-order valence-electron chi connectivity index (χ3n) is 5.15. The minimum absolute atomic E-state index is 0.0279. The number of aromatic amines is 2. The monoisotopic (exact) mass is 535 g/mol. The lowest BCUT2D eigenvalue weighted by Crippen LogP contribution is -2.28. The molecule has 5 aromatic rings. The van der Waals surface area contributed by atoms with Crippen molar-refractivity contribution in [2.45, 2.75) is 0 Å². The fourth-order valence-corrected chi connectivity index (χ4v) is 3.54. The second-order valence-electron chi connectivity index (χ2n) is 8.07. The van der Waals surface area contributed by atoms with Crippen LogP contribution in [0, 0.1) is 0 Å². The Hall–Kier alpha value is -5.35. The van der Waals surface area contributed by atoms with Crippen molar-refractivity contribution >= 4 is 46.5 Å². The average Bonchev–Trinajstić information content (AvgIpc) is 2.94. The molecule has 39 heavy (non-hydrogen) atoms. The number of hydrogen-bond acceptors (Lipinski definition) is 8. The van der Waals surface area contributed by atoms with E-state index < -0.39 is 0 Å². The predicted molar refractivity (Wildman–Crippen MR) is 151 cm³/mol. The molecule has 192 valence electrons. The molecule has 1 heterocycles. The van der Waals surface area contributed by atoms with Crippen molar-refractivity contribution in [2.24, 2.45) is 25.3 Å². The van der Waals surface area contributed by atoms with Crippen LogP contribution in [-0.4, -0.2) is 26.3 Å². The molecule has 0 unspecified atom stereocenters. The van der Waals surface area contributed by atoms with Gasteiger partial charge in [0, 0.05) is 10.6 Å². The molecule has 0 aliphatic heterocycles. The van der Waals surface area contributed by atoms with Crippen LogP contribution in [0.25, 0.3) is 0 Å². The Morgan fingerprint density at radius 2 is 1.38 bits per heavy atom. The zero-order chi connectivity index (χ0) is 26.9. The molecule has 0 atom stereocenters. The summed E-state index contributed by atoms with van der Waals surface area (Å²) in [6, 6.07) is 30.7. The first-order chi connectivity index (χ1) is 19.1. The van der Waals surface area contributed by atoms with E-state index in [0.717, 1.165) is 11.4 Å². The summed E-state index contributed by atoms with van der Waals surface area (Å²) in [6.45, 7) is 0. The number of aromatic hydroxyl groups is 1. The van der Waals surface area contributed by atoms with E-state index in [1.165, 1.54) is 12.3 Å². The lowest BCUT2D eigenvalue weighted by molar-refractivity contribution is 0.474. The molecule has 0 fully saturated rings. The summed E-state index contributed by atoms with van der Waals surface area (Å²) in [5, 5.41) is 23.5. The van der Waals surface area contributed by atoms with Crippen LogP contribution >= 0.6 is 11.6 Å². The maximum atomic E-state index is 10.3. The first-order valence-corrected chi connectivity index (χ1v) is 12.2. The highest BCUT2D eigenvalue weighted by atomic mass is 35.5. The van der Waals surface area contributed by atoms with Gasteiger partial charge in [-0.1, -0.05) is 54.1 Å². The SMILES string of the molecule is Oc1ccc(N=Nc2cccc(Cl)c2)cc1/C=N\Nc1nc(=Nc2ccccc2)[nH]c(=Nc2ccccc2)[nH]1. The number of azo groups is 1. The fourth-order valence-electron chi connectivity index (χ4n) is 3.35. The number of anilines is 1. The van der Waals surface area contributed by atoms with Crippen LogP contribution in [0.1, 0.15) is 5.56 Å². The van der Waals surface area contributed by atoms with E-state index in [1.807, 2.05) is 60.7 Å². The van der Waals surface area contributed by atoms with E-state index in [9.17, 15) is 5.11 Å². The standard InChI is InChI=1S/C28H22ClN9O/c29-20-8-7-13-23(17-20)36-37-24-14-15-25(39)19(16-24)18-30-38-28-34-26(31-21-9-3-1-4-10-21)33-27(35-28)32-22-11-5-2-6-12-22/h1-18,39H,(H3,31,32,33,34,35,38)/b30-18-,37-36?. The minimum Gasteiger partial charge on any atom is -0.507 e. The molecule has 0 spiro atoms. The van der Waals surface area contributed by atoms with Crippen LogP contribution in [0.15, 0.2) is 128 Å². The second kappa shape index (κ2) is 12.3. The van der Waals surface area contributed by atoms with Crippen LogP contribution in [0.2, 0.25) is 5.02 Å². The number of para-hydroxylation sites is 2. The lowest BCUT2D eigenvalue weighted by Gasteiger charge is -2.02. The molecule has 10 nitrogen and oxygen atoms in total. The van der Waals surface area contributed by atoms with E-state index in [1.54, 1.807) is 36.4 Å². The third kappa shape index (κ3) is 7.34. The summed E-state index contributed by atoms with van der Waals surface area (Å²) in [5.74, 6) is 0.311. The van der Waals surface area contributed by atoms with E-state index in [-0.39, 0.29) is 11.7 Å². The molecular formula is C28H22ClN9O. The molecule has 4 aromatic carbocycles. The molecule has 1 aromatic heterocycles. The fraction of sp³-hybridized carbons (Fsp3) is 0. The van der Waals surface area contributed by atoms with Crippen molar-refractivity contribution in [3.8, 4) is 5.75 Å². The maximum Gasteiger partial charge on any atom is 0.233 e. The van der Waals surface area contributed by atoms with Crippen molar-refractivity contribution in [2.75, 3.05) is 5.43 Å². The van der Waals surface area contributed by atoms with Gasteiger partial charge in [-0.2, -0.15) is 20.3 Å². The third-order valence-corrected chi connectivity index (χ3v) is 5.38. The Morgan fingerprint density at radius 3 is 2.10 bits per heavy atom. The van der Waals surface area contributed by atoms with Crippen molar-refractivity contribution in [3.05, 3.63) is 125 Å². The molecule has 4 N–H and O–H groups in total. The normalized spacial score (nSPS) is 12.4. The van der Waals surface area contributed by atoms with E-state index in [0.29, 0.717) is 33.2 Å². The van der Waals surface area contributed by atoms with Gasteiger partial charge < -0.3 is 5.11 Å². The number of halogens is 1. The summed E-state index contributed by atoms with van der Waals surface area (Å²) in [7, 11) is 0. The predicted octanol–water partition coefficient (Wildman–Crippen LogP) is 6.42. The van der Waals surface area contributed by atoms with Gasteiger partial charge in [0.25, 0.3) is 0 Å². The van der Waals surface area contributed by atoms with E-state index in [4.69, 9.17) is 11.6 Å². The van der Waals surface area contributed by atoms with Crippen LogP contribution in [-0.2, 0) is 0 Å². The van der Waals surface area contributed by atoms with Crippen molar-refractivity contribution in [1.29, 1.82) is 0 Å². The minimum atomic E-state index is 0.0279. The zero-order valence-electron chi connectivity index (χ0n) is 20.4. The molecular weight excluding hydrogens is 514 g/mol. The average molecular weight is 536 g/mol. The number of nitrogens with zero attached hydrogens (tertiary/aromatic N) is 6. The summed E-state index contributed by atoms with van der Waals surface area (Å²) >= 11 is 6.00. The molecule has 0 aliphatic carbocycles. The van der Waals surface area contributed by atoms with Gasteiger partial charge in [-0.25, -0.2) is 15.4 Å². The summed E-state index contributed by atoms with van der Waals surface area (Å²) in [6.07, 6.45) is 1.45. The first-order valence-electron chi connectivity index (χ1n) is 11.8. The van der Waals surface area contributed by atoms with Gasteiger partial charge in [-0.05, 0) is 60.7 Å². The Kier molecular flexibility index (Phi) is 7.96. The van der Waals surface area contributed by atoms with Crippen LogP contribution in [0.5, 0.6) is 5.75 Å². The lowest BCUT2D eigenvalue weighted by atomic mass is 10.2. The van der Waals surface area contributed by atoms with Crippen LogP contribution in [0.4, 0.5) is 28.7 Å². The van der Waals surface area contributed by atoms with Crippen molar-refractivity contribution < 1.29 is 5.11 Å². The van der Waals surface area contributed by atoms with Gasteiger partial charge in [0.2, 0.25) is 17.2 Å². The highest BCUT2D eigenvalue weighted by Gasteiger charge is 2.02. The molecule has 0 radical (unpaired) electrons. The second-order valence-corrected chi connectivity index (χ2v) is 8.51. The molecule has 0 aliphatic rings. The number of phenols is 1. The quantitative estimate of drug-likeness (QED) is 0.108. The number of nitrogens with one attached hydrogen (secondary N) is 3. The molecule has 11 heteroatoms. The van der Waals surface area contributed by atoms with E-state index >= 15 is 0 Å². The van der Waals surface area contributed by atoms with Gasteiger partial charge in [0.05, 0.1) is 29.0 Å². The molecule has 0 amide bonds. The number of hydrazone groups is 1. The molecule has 0 saturated carbocycles. The molecule has 0 bridgehead atoms. The Balaban J connectivity index is 1.41. The summed E-state index contributed by atoms with van der Waals surface area (Å²) in [5.41, 5.74) is 6.60. The summed E-state index contributed by atoms with van der Waals surface area (Å²) in [4.78, 5) is 19.7. The van der Waals surface area contributed by atoms with E-state index in [2.05, 4.69) is 45.7 Å². The van der Waals surface area contributed by atoms with Gasteiger partial charge >= 0.3 is 0 Å². The maximum absolute atomic E-state index is 10.3. The first kappa shape index (κ1) is 25.3. The van der Waals surface area contributed by atoms with Gasteiger partial charge in [0.1, 0.15) is 5.75 Å². The van der Waals surface area contributed by atoms with Gasteiger partial charge in [-0.3, -0.25) is 9.97 Å². The van der Waals surface area contributed by atoms with Crippen LogP contribution in [0.3, 0.4) is 0 Å². The van der Waals surface area contributed by atoms with Crippen molar-refractivity contribution in [1.82, 2.24) is 15.0 Å². The number of rotatable bonds is 7. The number of phenolic OH excluding ortho intramolecular Hbond substituents is 1. The van der Waals surface area contributed by atoms with Gasteiger partial charge in [0.15, 0.2) is 0 Å². The smallest absolute Gasteiger partial charge is 0.233 e. The Bertz CT molecular complexity index is 1690. The highest BCUT2D eigenvalue weighted by Crippen LogP contribution is 2.25. The Labute approximate surface area is 227 Å². The topological polar surface area (TPSA) is 139 Å². The Morgan fingerprint density at radius 1 is 0.718 bits per heavy atom. The van der Waals surface area contributed by atoms with Crippen LogP contribution < -0.4 is 16.7 Å². The number of aromatic nitrogens is 3. The number of benzene rings is 4. The number of hydrogen-bond donors (Lipinski definition) is 4. The largest absolute Gasteiger partial charge is 0.507 e. The number of H-pyrrole nitrogens is 2.